The van der Waals surface area contributed by atoms with Crippen LogP contribution in [0.15, 0.2) is 47.6 Å². The van der Waals surface area contributed by atoms with Crippen LogP contribution in [0.4, 0.5) is 0 Å². The van der Waals surface area contributed by atoms with Crippen LogP contribution in [0.2, 0.25) is 0 Å². The van der Waals surface area contributed by atoms with Crippen LogP contribution in [0, 0.1) is 0 Å². The molecule has 0 aliphatic rings. The lowest BCUT2D eigenvalue weighted by Gasteiger charge is -1.92. The van der Waals surface area contributed by atoms with Crippen LogP contribution < -0.4 is 0 Å². The summed E-state index contributed by atoms with van der Waals surface area (Å²) < 4.78 is 0. The number of carboxylic acids is 1. The van der Waals surface area contributed by atoms with E-state index >= 15 is 0 Å². The Morgan fingerprint density at radius 1 is 1.00 bits per heavy atom. The van der Waals surface area contributed by atoms with Gasteiger partial charge in [0, 0.05) is 6.08 Å². The number of hydrogen-bond acceptors (Lipinski definition) is 1. The summed E-state index contributed by atoms with van der Waals surface area (Å²) in [5.41, 5.74) is 2.03. The summed E-state index contributed by atoms with van der Waals surface area (Å²) in [6.07, 6.45) is 10.4. The molecule has 0 amide bonds. The maximum atomic E-state index is 10.3. The van der Waals surface area contributed by atoms with Gasteiger partial charge in [-0.2, -0.15) is 0 Å². The van der Waals surface area contributed by atoms with Crippen LogP contribution in [0.3, 0.4) is 0 Å². The zero-order chi connectivity index (χ0) is 11.0. The van der Waals surface area contributed by atoms with Gasteiger partial charge in [0.1, 0.15) is 0 Å². The second kappa shape index (κ2) is 6.89. The molecule has 14 heavy (non-hydrogen) atoms. The van der Waals surface area contributed by atoms with E-state index in [4.69, 9.17) is 5.11 Å². The van der Waals surface area contributed by atoms with E-state index < -0.39 is 5.97 Å². The fraction of sp³-hybridized carbons (Fsp3) is 0.250. The molecule has 0 aromatic rings. The minimum absolute atomic E-state index is 0.883. The van der Waals surface area contributed by atoms with Gasteiger partial charge in [-0.3, -0.25) is 0 Å². The van der Waals surface area contributed by atoms with Crippen LogP contribution >= 0.6 is 0 Å². The lowest BCUT2D eigenvalue weighted by molar-refractivity contribution is -0.131. The Hall–Kier alpha value is -1.57. The standard InChI is InChI=1S/C12H16O2/c1-4-10(3)6-7-11(5-2)8-9-12(13)14/h4-9H,1-3H3,(H,13,14)/b7-6-,9-8+,10-4-,11-5+. The molecule has 76 valence electrons. The van der Waals surface area contributed by atoms with E-state index in [1.165, 1.54) is 0 Å². The number of carboxylic acid groups (broad SMARTS) is 1. The van der Waals surface area contributed by atoms with Gasteiger partial charge in [-0.15, -0.1) is 0 Å². The number of rotatable bonds is 4. The monoisotopic (exact) mass is 192 g/mol. The summed E-state index contributed by atoms with van der Waals surface area (Å²) in [6.45, 7) is 5.82. The van der Waals surface area contributed by atoms with Gasteiger partial charge >= 0.3 is 5.97 Å². The molecule has 0 rings (SSSR count). The maximum Gasteiger partial charge on any atom is 0.328 e. The Morgan fingerprint density at radius 2 is 1.57 bits per heavy atom. The van der Waals surface area contributed by atoms with Crippen molar-refractivity contribution in [2.45, 2.75) is 20.8 Å². The number of carbonyl (C=O) groups is 1. The largest absolute Gasteiger partial charge is 0.478 e. The van der Waals surface area contributed by atoms with Crippen molar-refractivity contribution in [3.63, 3.8) is 0 Å². The highest BCUT2D eigenvalue weighted by atomic mass is 16.4. The third-order valence-electron chi connectivity index (χ3n) is 1.75. The molecule has 0 spiro atoms. The summed E-state index contributed by atoms with van der Waals surface area (Å²) >= 11 is 0. The molecule has 0 aromatic heterocycles. The van der Waals surface area contributed by atoms with Crippen molar-refractivity contribution in [1.82, 2.24) is 0 Å². The first-order valence-corrected chi connectivity index (χ1v) is 4.48. The summed E-state index contributed by atoms with van der Waals surface area (Å²) in [7, 11) is 0. The van der Waals surface area contributed by atoms with E-state index in [0.717, 1.165) is 17.2 Å². The smallest absolute Gasteiger partial charge is 0.328 e. The van der Waals surface area contributed by atoms with Gasteiger partial charge in [-0.1, -0.05) is 29.9 Å². The molecule has 0 atom stereocenters. The molecule has 0 bridgehead atoms. The van der Waals surface area contributed by atoms with E-state index in [0.29, 0.717) is 0 Å². The van der Waals surface area contributed by atoms with Gasteiger partial charge in [0.05, 0.1) is 0 Å². The van der Waals surface area contributed by atoms with Gasteiger partial charge < -0.3 is 5.11 Å². The van der Waals surface area contributed by atoms with Crippen LogP contribution in [0.5, 0.6) is 0 Å². The Bertz CT molecular complexity index is 304. The van der Waals surface area contributed by atoms with E-state index in [1.54, 1.807) is 6.08 Å². The highest BCUT2D eigenvalue weighted by molar-refractivity contribution is 5.80. The van der Waals surface area contributed by atoms with E-state index in [-0.39, 0.29) is 0 Å². The molecule has 2 heteroatoms. The van der Waals surface area contributed by atoms with Gasteiger partial charge in [-0.05, 0) is 32.4 Å². The summed E-state index contributed by atoms with van der Waals surface area (Å²) in [6, 6.07) is 0. The summed E-state index contributed by atoms with van der Waals surface area (Å²) in [4.78, 5) is 10.3. The highest BCUT2D eigenvalue weighted by Gasteiger charge is 1.87. The number of hydrogen-bond donors (Lipinski definition) is 1. The Balaban J connectivity index is 4.48. The van der Waals surface area contributed by atoms with E-state index in [2.05, 4.69) is 0 Å². The fourth-order valence-electron chi connectivity index (χ4n) is 0.739. The predicted molar refractivity (Wildman–Crippen MR) is 59.1 cm³/mol. The lowest BCUT2D eigenvalue weighted by Crippen LogP contribution is -1.86. The van der Waals surface area contributed by atoms with Gasteiger partial charge in [0.25, 0.3) is 0 Å². The average Bonchev–Trinajstić information content (AvgIpc) is 2.17. The molecule has 0 radical (unpaired) electrons. The van der Waals surface area contributed by atoms with Crippen molar-refractivity contribution < 1.29 is 9.90 Å². The van der Waals surface area contributed by atoms with Crippen molar-refractivity contribution in [1.29, 1.82) is 0 Å². The van der Waals surface area contributed by atoms with Crippen molar-refractivity contribution in [2.24, 2.45) is 0 Å². The third kappa shape index (κ3) is 6.00. The zero-order valence-corrected chi connectivity index (χ0v) is 8.82. The first-order valence-electron chi connectivity index (χ1n) is 4.48. The van der Waals surface area contributed by atoms with Crippen LogP contribution in [-0.2, 0) is 4.79 Å². The second-order valence-electron chi connectivity index (χ2n) is 2.83. The maximum absolute atomic E-state index is 10.3. The second-order valence-corrected chi connectivity index (χ2v) is 2.83. The van der Waals surface area contributed by atoms with E-state index in [9.17, 15) is 4.79 Å². The zero-order valence-electron chi connectivity index (χ0n) is 8.82. The first-order chi connectivity index (χ1) is 6.60. The molecule has 0 unspecified atom stereocenters. The molecule has 2 nitrogen and oxygen atoms in total. The van der Waals surface area contributed by atoms with Crippen molar-refractivity contribution in [3.8, 4) is 0 Å². The number of allylic oxidation sites excluding steroid dienone is 7. The molecule has 1 N–H and O–H groups in total. The average molecular weight is 192 g/mol. The molecular weight excluding hydrogens is 176 g/mol. The predicted octanol–water partition coefficient (Wildman–Crippen LogP) is 3.10. The van der Waals surface area contributed by atoms with Crippen LogP contribution in [-0.4, -0.2) is 11.1 Å². The van der Waals surface area contributed by atoms with Crippen molar-refractivity contribution >= 4 is 5.97 Å². The topological polar surface area (TPSA) is 37.3 Å². The van der Waals surface area contributed by atoms with Crippen LogP contribution in [0.25, 0.3) is 0 Å². The van der Waals surface area contributed by atoms with Crippen molar-refractivity contribution in [3.05, 3.63) is 47.6 Å². The molecule has 0 aliphatic carbocycles. The molecule has 0 aromatic carbocycles. The molecule has 0 aliphatic heterocycles. The Labute approximate surface area is 85.0 Å². The summed E-state index contributed by atoms with van der Waals surface area (Å²) in [5, 5.41) is 8.43. The highest BCUT2D eigenvalue weighted by Crippen LogP contribution is 2.02. The Kier molecular flexibility index (Phi) is 6.12. The molecular formula is C12H16O2. The molecule has 0 saturated carbocycles. The van der Waals surface area contributed by atoms with E-state index in [1.807, 2.05) is 45.1 Å². The van der Waals surface area contributed by atoms with Crippen LogP contribution in [0.1, 0.15) is 20.8 Å². The minimum Gasteiger partial charge on any atom is -0.478 e. The molecule has 0 fully saturated rings. The van der Waals surface area contributed by atoms with Gasteiger partial charge in [-0.25, -0.2) is 4.79 Å². The fourth-order valence-corrected chi connectivity index (χ4v) is 0.739. The van der Waals surface area contributed by atoms with Gasteiger partial charge in [0.2, 0.25) is 0 Å². The quantitative estimate of drug-likeness (QED) is 0.549. The molecule has 0 saturated heterocycles. The summed E-state index contributed by atoms with van der Waals surface area (Å²) in [5.74, 6) is -0.930. The lowest BCUT2D eigenvalue weighted by atomic mass is 10.1. The Morgan fingerprint density at radius 3 is 2.00 bits per heavy atom. The first kappa shape index (κ1) is 12.4. The van der Waals surface area contributed by atoms with Crippen molar-refractivity contribution in [2.75, 3.05) is 0 Å². The number of aliphatic carboxylic acids is 1. The normalized spacial score (nSPS) is 14.2. The molecule has 0 heterocycles. The minimum atomic E-state index is -0.930. The third-order valence-corrected chi connectivity index (χ3v) is 1.75. The van der Waals surface area contributed by atoms with Gasteiger partial charge in [0.15, 0.2) is 0 Å². The SMILES string of the molecule is C\C=C(C)/C=C\C(\C=C\C(=O)O)=C/C.